The van der Waals surface area contributed by atoms with E-state index in [0.29, 0.717) is 0 Å². The van der Waals surface area contributed by atoms with Crippen molar-refractivity contribution in [3.05, 3.63) is 35.9 Å². The number of fused-ring (bicyclic) bond motifs is 1. The van der Waals surface area contributed by atoms with Gasteiger partial charge in [-0.05, 0) is 24.6 Å². The number of rotatable bonds is 0. The lowest BCUT2D eigenvalue weighted by Gasteiger charge is -2.28. The Balaban J connectivity index is 2.46. The first-order valence-corrected chi connectivity index (χ1v) is 4.03. The van der Waals surface area contributed by atoms with Crippen molar-refractivity contribution in [1.29, 1.82) is 0 Å². The predicted molar refractivity (Wildman–Crippen MR) is 51.7 cm³/mol. The zero-order valence-corrected chi connectivity index (χ0v) is 7.04. The molecule has 0 amide bonds. The van der Waals surface area contributed by atoms with Crippen molar-refractivity contribution >= 4 is 11.8 Å². The molecule has 1 aromatic carbocycles. The van der Waals surface area contributed by atoms with Crippen molar-refractivity contribution in [1.82, 2.24) is 0 Å². The maximum atomic E-state index is 5.89. The Kier molecular flexibility index (Phi) is 1.45. The standard InChI is InChI=1S/C10H12N2/c1-10(11)7-6-8-4-2-3-5-9(8)12-10/h2-7,12H,11H2,1H3. The first-order valence-electron chi connectivity index (χ1n) is 4.03. The van der Waals surface area contributed by atoms with Gasteiger partial charge in [0, 0.05) is 5.69 Å². The van der Waals surface area contributed by atoms with Gasteiger partial charge in [0.05, 0.1) is 0 Å². The Bertz CT molecular complexity index is 326. The number of para-hydroxylation sites is 1. The van der Waals surface area contributed by atoms with Crippen molar-refractivity contribution in [2.45, 2.75) is 12.6 Å². The highest BCUT2D eigenvalue weighted by Crippen LogP contribution is 2.24. The van der Waals surface area contributed by atoms with Crippen molar-refractivity contribution < 1.29 is 0 Å². The van der Waals surface area contributed by atoms with Crippen LogP contribution < -0.4 is 11.1 Å². The van der Waals surface area contributed by atoms with Gasteiger partial charge in [0.15, 0.2) is 0 Å². The molecule has 2 rings (SSSR count). The van der Waals surface area contributed by atoms with Crippen LogP contribution in [0.5, 0.6) is 0 Å². The number of anilines is 1. The van der Waals surface area contributed by atoms with E-state index in [-0.39, 0.29) is 0 Å². The highest BCUT2D eigenvalue weighted by atomic mass is 15.1. The van der Waals surface area contributed by atoms with Crippen LogP contribution in [0.3, 0.4) is 0 Å². The predicted octanol–water partition coefficient (Wildman–Crippen LogP) is 1.80. The molecule has 0 aromatic heterocycles. The van der Waals surface area contributed by atoms with Crippen LogP contribution in [0, 0.1) is 0 Å². The van der Waals surface area contributed by atoms with E-state index in [4.69, 9.17) is 5.73 Å². The van der Waals surface area contributed by atoms with Crippen molar-refractivity contribution in [3.8, 4) is 0 Å². The van der Waals surface area contributed by atoms with E-state index < -0.39 is 5.66 Å². The summed E-state index contributed by atoms with van der Waals surface area (Å²) in [6.07, 6.45) is 4.02. The van der Waals surface area contributed by atoms with E-state index in [1.807, 2.05) is 37.3 Å². The van der Waals surface area contributed by atoms with Crippen LogP contribution in [0.1, 0.15) is 12.5 Å². The Morgan fingerprint density at radius 1 is 1.33 bits per heavy atom. The molecule has 0 spiro atoms. The Morgan fingerprint density at radius 2 is 2.08 bits per heavy atom. The molecule has 1 aliphatic rings. The molecule has 0 bridgehead atoms. The van der Waals surface area contributed by atoms with E-state index >= 15 is 0 Å². The zero-order chi connectivity index (χ0) is 8.60. The van der Waals surface area contributed by atoms with E-state index in [9.17, 15) is 0 Å². The van der Waals surface area contributed by atoms with Gasteiger partial charge in [0.25, 0.3) is 0 Å². The summed E-state index contributed by atoms with van der Waals surface area (Å²) in [5, 5.41) is 3.23. The second-order valence-corrected chi connectivity index (χ2v) is 3.33. The fourth-order valence-corrected chi connectivity index (χ4v) is 1.35. The van der Waals surface area contributed by atoms with Crippen LogP contribution in [0.25, 0.3) is 6.08 Å². The summed E-state index contributed by atoms with van der Waals surface area (Å²) in [5.41, 5.74) is 7.78. The van der Waals surface area contributed by atoms with E-state index in [0.717, 1.165) is 5.69 Å². The molecular weight excluding hydrogens is 148 g/mol. The molecule has 1 heterocycles. The highest BCUT2D eigenvalue weighted by molar-refractivity contribution is 5.71. The molecule has 2 nitrogen and oxygen atoms in total. The summed E-state index contributed by atoms with van der Waals surface area (Å²) in [4.78, 5) is 0. The largest absolute Gasteiger partial charge is 0.364 e. The van der Waals surface area contributed by atoms with Gasteiger partial charge in [0.2, 0.25) is 0 Å². The van der Waals surface area contributed by atoms with Crippen LogP contribution >= 0.6 is 0 Å². The fourth-order valence-electron chi connectivity index (χ4n) is 1.35. The van der Waals surface area contributed by atoms with Crippen LogP contribution in [-0.4, -0.2) is 5.66 Å². The van der Waals surface area contributed by atoms with Crippen LogP contribution in [0.15, 0.2) is 30.3 Å². The van der Waals surface area contributed by atoms with Gasteiger partial charge in [0.1, 0.15) is 5.66 Å². The van der Waals surface area contributed by atoms with E-state index in [2.05, 4.69) is 11.4 Å². The monoisotopic (exact) mass is 160 g/mol. The molecule has 2 heteroatoms. The maximum absolute atomic E-state index is 5.89. The first-order chi connectivity index (χ1) is 5.67. The second kappa shape index (κ2) is 2.35. The van der Waals surface area contributed by atoms with Gasteiger partial charge in [-0.3, -0.25) is 0 Å². The van der Waals surface area contributed by atoms with Crippen molar-refractivity contribution in [3.63, 3.8) is 0 Å². The molecule has 0 fully saturated rings. The molecule has 1 unspecified atom stereocenters. The minimum absolute atomic E-state index is 0.408. The first kappa shape index (κ1) is 7.37. The highest BCUT2D eigenvalue weighted by Gasteiger charge is 2.18. The summed E-state index contributed by atoms with van der Waals surface area (Å²) in [6, 6.07) is 8.11. The van der Waals surface area contributed by atoms with Gasteiger partial charge in [-0.15, -0.1) is 0 Å². The molecule has 62 valence electrons. The Morgan fingerprint density at radius 3 is 2.92 bits per heavy atom. The molecule has 1 aromatic rings. The van der Waals surface area contributed by atoms with Crippen molar-refractivity contribution in [2.75, 3.05) is 5.32 Å². The molecule has 0 saturated heterocycles. The third kappa shape index (κ3) is 1.21. The molecule has 0 radical (unpaired) electrons. The van der Waals surface area contributed by atoms with E-state index in [1.165, 1.54) is 5.56 Å². The second-order valence-electron chi connectivity index (χ2n) is 3.33. The van der Waals surface area contributed by atoms with Gasteiger partial charge in [-0.1, -0.05) is 24.3 Å². The summed E-state index contributed by atoms with van der Waals surface area (Å²) in [6.45, 7) is 1.94. The summed E-state index contributed by atoms with van der Waals surface area (Å²) < 4.78 is 0. The van der Waals surface area contributed by atoms with Crippen LogP contribution in [-0.2, 0) is 0 Å². The molecule has 1 atom stereocenters. The Hall–Kier alpha value is -1.28. The number of benzene rings is 1. The van der Waals surface area contributed by atoms with Gasteiger partial charge < -0.3 is 11.1 Å². The molecule has 0 saturated carbocycles. The van der Waals surface area contributed by atoms with Crippen molar-refractivity contribution in [2.24, 2.45) is 5.73 Å². The summed E-state index contributed by atoms with van der Waals surface area (Å²) >= 11 is 0. The zero-order valence-electron chi connectivity index (χ0n) is 7.04. The fraction of sp³-hybridized carbons (Fsp3) is 0.200. The minimum Gasteiger partial charge on any atom is -0.364 e. The molecule has 0 aliphatic carbocycles. The quantitative estimate of drug-likeness (QED) is 0.607. The van der Waals surface area contributed by atoms with Crippen LogP contribution in [0.2, 0.25) is 0 Å². The number of nitrogens with two attached hydrogens (primary N) is 1. The third-order valence-electron chi connectivity index (χ3n) is 1.97. The Labute approximate surface area is 72.1 Å². The summed E-state index contributed by atoms with van der Waals surface area (Å²) in [7, 11) is 0. The van der Waals surface area contributed by atoms with Crippen LogP contribution in [0.4, 0.5) is 5.69 Å². The maximum Gasteiger partial charge on any atom is 0.102 e. The average Bonchev–Trinajstić information content (AvgIpc) is 2.02. The minimum atomic E-state index is -0.408. The average molecular weight is 160 g/mol. The van der Waals surface area contributed by atoms with Gasteiger partial charge in [-0.25, -0.2) is 0 Å². The lowest BCUT2D eigenvalue weighted by Crippen LogP contribution is -2.43. The molecule has 12 heavy (non-hydrogen) atoms. The SMILES string of the molecule is CC1(N)C=Cc2ccccc2N1. The topological polar surface area (TPSA) is 38.0 Å². The molecule has 3 N–H and O–H groups in total. The number of hydrogen-bond donors (Lipinski definition) is 2. The normalized spacial score (nSPS) is 26.2. The summed E-state index contributed by atoms with van der Waals surface area (Å²) in [5.74, 6) is 0. The van der Waals surface area contributed by atoms with Gasteiger partial charge >= 0.3 is 0 Å². The third-order valence-corrected chi connectivity index (χ3v) is 1.97. The van der Waals surface area contributed by atoms with Gasteiger partial charge in [-0.2, -0.15) is 0 Å². The molecule has 1 aliphatic heterocycles. The number of nitrogens with one attached hydrogen (secondary N) is 1. The van der Waals surface area contributed by atoms with E-state index in [1.54, 1.807) is 0 Å². The number of hydrogen-bond acceptors (Lipinski definition) is 2. The lowest BCUT2D eigenvalue weighted by molar-refractivity contribution is 0.671. The smallest absolute Gasteiger partial charge is 0.102 e. The molecular formula is C10H12N2. The lowest BCUT2D eigenvalue weighted by atomic mass is 10.0.